The molecule has 5 nitrogen and oxygen atoms in total. The van der Waals surface area contributed by atoms with Gasteiger partial charge in [0.05, 0.1) is 23.9 Å². The van der Waals surface area contributed by atoms with Gasteiger partial charge >= 0.3 is 5.97 Å². The van der Waals surface area contributed by atoms with Crippen molar-refractivity contribution >= 4 is 5.97 Å². The van der Waals surface area contributed by atoms with Gasteiger partial charge in [0.1, 0.15) is 0 Å². The monoisotopic (exact) mass is 285 g/mol. The van der Waals surface area contributed by atoms with Crippen LogP contribution in [0.4, 0.5) is 0 Å². The number of esters is 1. The fourth-order valence-corrected chi connectivity index (χ4v) is 2.69. The maximum Gasteiger partial charge on any atom is 0.316 e. The van der Waals surface area contributed by atoms with Crippen molar-refractivity contribution in [3.05, 3.63) is 36.2 Å². The lowest BCUT2D eigenvalue weighted by atomic mass is 9.97. The normalized spacial score (nSPS) is 16.0. The quantitative estimate of drug-likeness (QED) is 0.810. The van der Waals surface area contributed by atoms with Gasteiger partial charge in [-0.2, -0.15) is 5.10 Å². The van der Waals surface area contributed by atoms with Crippen LogP contribution in [-0.4, -0.2) is 27.8 Å². The molecule has 5 heteroatoms. The van der Waals surface area contributed by atoms with Crippen molar-refractivity contribution in [3.8, 4) is 11.4 Å². The molecular weight excluding hydrogens is 266 g/mol. The summed E-state index contributed by atoms with van der Waals surface area (Å²) >= 11 is 0. The molecule has 0 spiro atoms. The summed E-state index contributed by atoms with van der Waals surface area (Å²) in [5.41, 5.74) is 2.33. The van der Waals surface area contributed by atoms with Crippen LogP contribution in [0.1, 0.15) is 38.3 Å². The number of nitrogens with zero attached hydrogens (tertiary/aromatic N) is 3. The summed E-state index contributed by atoms with van der Waals surface area (Å²) < 4.78 is 6.84. The Morgan fingerprint density at radius 2 is 2.10 bits per heavy atom. The smallest absolute Gasteiger partial charge is 0.316 e. The summed E-state index contributed by atoms with van der Waals surface area (Å²) in [4.78, 5) is 16.4. The molecule has 1 saturated carbocycles. The van der Waals surface area contributed by atoms with Gasteiger partial charge in [0.25, 0.3) is 0 Å². The summed E-state index contributed by atoms with van der Waals surface area (Å²) in [6.45, 7) is 4.17. The maximum absolute atomic E-state index is 11.9. The lowest BCUT2D eigenvalue weighted by molar-refractivity contribution is -0.143. The van der Waals surface area contributed by atoms with Gasteiger partial charge in [-0.3, -0.25) is 14.5 Å². The van der Waals surface area contributed by atoms with Crippen LogP contribution in [0.3, 0.4) is 0 Å². The molecule has 1 aliphatic rings. The molecule has 0 N–H and O–H groups in total. The number of rotatable bonds is 4. The zero-order valence-electron chi connectivity index (χ0n) is 12.5. The third-order valence-electron chi connectivity index (χ3n) is 4.06. The van der Waals surface area contributed by atoms with Gasteiger partial charge in [-0.25, -0.2) is 0 Å². The first-order chi connectivity index (χ1) is 10.1. The van der Waals surface area contributed by atoms with Crippen LogP contribution in [0.15, 0.2) is 30.6 Å². The van der Waals surface area contributed by atoms with E-state index in [9.17, 15) is 4.79 Å². The highest BCUT2D eigenvalue weighted by molar-refractivity contribution is 5.86. The standard InChI is InChI=1S/C16H19N3O2/c1-11(2)19-14(6-9-18-19)13-5-4-12(10-17-13)16(7-8-16)15(20)21-3/h4-6,9-11H,7-8H2,1-3H3. The van der Waals surface area contributed by atoms with E-state index < -0.39 is 5.41 Å². The van der Waals surface area contributed by atoms with Crippen LogP contribution in [0.5, 0.6) is 0 Å². The minimum Gasteiger partial charge on any atom is -0.468 e. The highest BCUT2D eigenvalue weighted by atomic mass is 16.5. The topological polar surface area (TPSA) is 57.0 Å². The van der Waals surface area contributed by atoms with Gasteiger partial charge in [0.2, 0.25) is 0 Å². The maximum atomic E-state index is 11.9. The summed E-state index contributed by atoms with van der Waals surface area (Å²) in [6.07, 6.45) is 5.24. The van der Waals surface area contributed by atoms with Crippen molar-refractivity contribution in [2.45, 2.75) is 38.1 Å². The number of carbonyl (C=O) groups is 1. The molecule has 1 aliphatic carbocycles. The molecule has 110 valence electrons. The molecule has 2 aromatic heterocycles. The summed E-state index contributed by atoms with van der Waals surface area (Å²) in [5.74, 6) is -0.163. The number of pyridine rings is 1. The summed E-state index contributed by atoms with van der Waals surface area (Å²) in [5, 5.41) is 4.32. The Hall–Kier alpha value is -2.17. The minimum absolute atomic E-state index is 0.163. The van der Waals surface area contributed by atoms with E-state index in [0.29, 0.717) is 0 Å². The predicted octanol–water partition coefficient (Wildman–Crippen LogP) is 2.73. The molecule has 0 atom stereocenters. The van der Waals surface area contributed by atoms with E-state index in [4.69, 9.17) is 4.74 Å². The molecule has 2 heterocycles. The lowest BCUT2D eigenvalue weighted by Crippen LogP contribution is -2.22. The van der Waals surface area contributed by atoms with E-state index in [-0.39, 0.29) is 12.0 Å². The summed E-state index contributed by atoms with van der Waals surface area (Å²) in [7, 11) is 1.44. The van der Waals surface area contributed by atoms with Crippen molar-refractivity contribution in [3.63, 3.8) is 0 Å². The highest BCUT2D eigenvalue weighted by Crippen LogP contribution is 2.49. The van der Waals surface area contributed by atoms with Crippen LogP contribution < -0.4 is 0 Å². The SMILES string of the molecule is COC(=O)C1(c2ccc(-c3ccnn3C(C)C)nc2)CC1. The lowest BCUT2D eigenvalue weighted by Gasteiger charge is -2.14. The zero-order valence-corrected chi connectivity index (χ0v) is 12.5. The number of hydrogen-bond acceptors (Lipinski definition) is 4. The van der Waals surface area contributed by atoms with E-state index in [0.717, 1.165) is 29.8 Å². The van der Waals surface area contributed by atoms with Gasteiger partial charge in [-0.05, 0) is 44.4 Å². The Morgan fingerprint density at radius 3 is 2.62 bits per heavy atom. The Balaban J connectivity index is 1.92. The fraction of sp³-hybridized carbons (Fsp3) is 0.438. The van der Waals surface area contributed by atoms with Gasteiger partial charge < -0.3 is 4.74 Å². The Labute approximate surface area is 124 Å². The van der Waals surface area contributed by atoms with Gasteiger partial charge in [0, 0.05) is 18.4 Å². The van der Waals surface area contributed by atoms with E-state index >= 15 is 0 Å². The predicted molar refractivity (Wildman–Crippen MR) is 78.8 cm³/mol. The van der Waals surface area contributed by atoms with Gasteiger partial charge in [-0.1, -0.05) is 6.07 Å². The number of hydrogen-bond donors (Lipinski definition) is 0. The van der Waals surface area contributed by atoms with E-state index in [1.807, 2.05) is 22.9 Å². The van der Waals surface area contributed by atoms with Crippen LogP contribution in [0, 0.1) is 0 Å². The molecule has 21 heavy (non-hydrogen) atoms. The molecule has 0 unspecified atom stereocenters. The van der Waals surface area contributed by atoms with Gasteiger partial charge in [0.15, 0.2) is 0 Å². The Morgan fingerprint density at radius 1 is 1.33 bits per heavy atom. The molecule has 0 amide bonds. The average Bonchev–Trinajstić information content (AvgIpc) is 3.16. The van der Waals surface area contributed by atoms with E-state index in [1.165, 1.54) is 7.11 Å². The Kier molecular flexibility index (Phi) is 3.27. The molecule has 0 aromatic carbocycles. The van der Waals surface area contributed by atoms with Gasteiger partial charge in [-0.15, -0.1) is 0 Å². The second kappa shape index (κ2) is 4.98. The second-order valence-electron chi connectivity index (χ2n) is 5.76. The molecule has 1 fully saturated rings. The van der Waals surface area contributed by atoms with Crippen molar-refractivity contribution in [1.82, 2.24) is 14.8 Å². The van der Waals surface area contributed by atoms with E-state index in [2.05, 4.69) is 23.9 Å². The molecule has 3 rings (SSSR count). The van der Waals surface area contributed by atoms with Crippen LogP contribution in [-0.2, 0) is 14.9 Å². The molecule has 0 radical (unpaired) electrons. The molecule has 0 aliphatic heterocycles. The average molecular weight is 285 g/mol. The Bertz CT molecular complexity index is 654. The molecule has 0 saturated heterocycles. The molecular formula is C16H19N3O2. The van der Waals surface area contributed by atoms with Crippen molar-refractivity contribution < 1.29 is 9.53 Å². The van der Waals surface area contributed by atoms with Crippen molar-refractivity contribution in [2.75, 3.05) is 7.11 Å². The van der Waals surface area contributed by atoms with Crippen molar-refractivity contribution in [1.29, 1.82) is 0 Å². The van der Waals surface area contributed by atoms with Crippen LogP contribution in [0.25, 0.3) is 11.4 Å². The zero-order chi connectivity index (χ0) is 15.0. The largest absolute Gasteiger partial charge is 0.468 e. The fourth-order valence-electron chi connectivity index (χ4n) is 2.69. The number of methoxy groups -OCH3 is 1. The second-order valence-corrected chi connectivity index (χ2v) is 5.76. The molecule has 0 bridgehead atoms. The number of aromatic nitrogens is 3. The first-order valence-electron chi connectivity index (χ1n) is 7.17. The van der Waals surface area contributed by atoms with Crippen LogP contribution >= 0.6 is 0 Å². The first-order valence-corrected chi connectivity index (χ1v) is 7.17. The van der Waals surface area contributed by atoms with E-state index in [1.54, 1.807) is 12.4 Å². The summed E-state index contributed by atoms with van der Waals surface area (Å²) in [6, 6.07) is 6.16. The molecule has 2 aromatic rings. The van der Waals surface area contributed by atoms with Crippen molar-refractivity contribution in [2.24, 2.45) is 0 Å². The third-order valence-corrected chi connectivity index (χ3v) is 4.06. The van der Waals surface area contributed by atoms with Crippen LogP contribution in [0.2, 0.25) is 0 Å². The number of carbonyl (C=O) groups excluding carboxylic acids is 1. The third kappa shape index (κ3) is 2.22. The first kappa shape index (κ1) is 13.8. The highest BCUT2D eigenvalue weighted by Gasteiger charge is 2.52. The number of ether oxygens (including phenoxy) is 1. The minimum atomic E-state index is -0.460.